The van der Waals surface area contributed by atoms with E-state index in [2.05, 4.69) is 58.8 Å². The van der Waals surface area contributed by atoms with Gasteiger partial charge in [0, 0.05) is 12.7 Å². The largest absolute Gasteiger partial charge is 0.357 e. The molecule has 118 valence electrons. The molecule has 0 amide bonds. The quantitative estimate of drug-likeness (QED) is 0.636. The van der Waals surface area contributed by atoms with E-state index in [9.17, 15) is 0 Å². The van der Waals surface area contributed by atoms with Crippen molar-refractivity contribution in [3.8, 4) is 0 Å². The van der Waals surface area contributed by atoms with E-state index in [4.69, 9.17) is 0 Å². The number of aliphatic imine (C=N–C) groups is 1. The van der Waals surface area contributed by atoms with Gasteiger partial charge in [-0.3, -0.25) is 9.67 Å². The molecule has 0 bridgehead atoms. The van der Waals surface area contributed by atoms with Gasteiger partial charge in [0.15, 0.2) is 5.96 Å². The van der Waals surface area contributed by atoms with Crippen LogP contribution in [0.2, 0.25) is 0 Å². The second-order valence-electron chi connectivity index (χ2n) is 5.32. The topological polar surface area (TPSA) is 54.2 Å². The second kappa shape index (κ2) is 8.22. The van der Waals surface area contributed by atoms with Crippen molar-refractivity contribution in [3.63, 3.8) is 0 Å². The van der Waals surface area contributed by atoms with Crippen LogP contribution in [0.15, 0.2) is 47.7 Å². The van der Waals surface area contributed by atoms with Crippen molar-refractivity contribution in [2.45, 2.75) is 33.4 Å². The van der Waals surface area contributed by atoms with Gasteiger partial charge in [0.2, 0.25) is 0 Å². The van der Waals surface area contributed by atoms with E-state index < -0.39 is 0 Å². The molecule has 1 aromatic carbocycles. The molecule has 0 saturated carbocycles. The highest BCUT2D eigenvalue weighted by atomic mass is 15.3. The Bertz CT molecular complexity index is 588. The number of nitrogens with one attached hydrogen (secondary N) is 2. The molecule has 2 aromatic rings. The lowest BCUT2D eigenvalue weighted by atomic mass is 10.1. The SMILES string of the molecule is CCNC(=NCCn1cc(C)cn1)NC(C)c1ccccc1. The average molecular weight is 299 g/mol. The maximum Gasteiger partial charge on any atom is 0.191 e. The highest BCUT2D eigenvalue weighted by molar-refractivity contribution is 5.80. The third kappa shape index (κ3) is 4.91. The Morgan fingerprint density at radius 3 is 2.73 bits per heavy atom. The Morgan fingerprint density at radius 1 is 1.32 bits per heavy atom. The van der Waals surface area contributed by atoms with E-state index in [1.165, 1.54) is 11.1 Å². The first kappa shape index (κ1) is 16.1. The monoisotopic (exact) mass is 299 g/mol. The van der Waals surface area contributed by atoms with E-state index >= 15 is 0 Å². The van der Waals surface area contributed by atoms with Crippen molar-refractivity contribution in [2.24, 2.45) is 4.99 Å². The van der Waals surface area contributed by atoms with Crippen molar-refractivity contribution >= 4 is 5.96 Å². The van der Waals surface area contributed by atoms with Crippen LogP contribution in [0.4, 0.5) is 0 Å². The molecule has 22 heavy (non-hydrogen) atoms. The molecule has 1 heterocycles. The van der Waals surface area contributed by atoms with Crippen LogP contribution in [-0.4, -0.2) is 28.8 Å². The highest BCUT2D eigenvalue weighted by Gasteiger charge is 2.06. The lowest BCUT2D eigenvalue weighted by Crippen LogP contribution is -2.39. The predicted molar refractivity (Wildman–Crippen MR) is 90.9 cm³/mol. The molecular formula is C17H25N5. The molecule has 1 aromatic heterocycles. The van der Waals surface area contributed by atoms with E-state index in [-0.39, 0.29) is 6.04 Å². The van der Waals surface area contributed by atoms with Crippen LogP contribution in [0.25, 0.3) is 0 Å². The summed E-state index contributed by atoms with van der Waals surface area (Å²) < 4.78 is 1.92. The first-order valence-corrected chi connectivity index (χ1v) is 7.78. The zero-order valence-corrected chi connectivity index (χ0v) is 13.6. The smallest absolute Gasteiger partial charge is 0.191 e. The fraction of sp³-hybridized carbons (Fsp3) is 0.412. The number of aryl methyl sites for hydroxylation is 1. The minimum absolute atomic E-state index is 0.214. The first-order chi connectivity index (χ1) is 10.7. The third-order valence-electron chi connectivity index (χ3n) is 3.36. The number of guanidine groups is 1. The minimum atomic E-state index is 0.214. The molecule has 1 atom stereocenters. The zero-order chi connectivity index (χ0) is 15.8. The molecule has 1 unspecified atom stereocenters. The fourth-order valence-corrected chi connectivity index (χ4v) is 2.20. The average Bonchev–Trinajstić information content (AvgIpc) is 2.94. The van der Waals surface area contributed by atoms with Crippen LogP contribution in [0.1, 0.15) is 31.0 Å². The summed E-state index contributed by atoms with van der Waals surface area (Å²) in [4.78, 5) is 4.62. The van der Waals surface area contributed by atoms with Crippen LogP contribution in [0.5, 0.6) is 0 Å². The van der Waals surface area contributed by atoms with Gasteiger partial charge in [0.25, 0.3) is 0 Å². The fourth-order valence-electron chi connectivity index (χ4n) is 2.20. The summed E-state index contributed by atoms with van der Waals surface area (Å²) in [6, 6.07) is 10.6. The Labute approximate surface area is 132 Å². The van der Waals surface area contributed by atoms with Gasteiger partial charge in [-0.25, -0.2) is 0 Å². The van der Waals surface area contributed by atoms with Gasteiger partial charge in [-0.15, -0.1) is 0 Å². The maximum absolute atomic E-state index is 4.62. The zero-order valence-electron chi connectivity index (χ0n) is 13.6. The van der Waals surface area contributed by atoms with Crippen molar-refractivity contribution in [2.75, 3.05) is 13.1 Å². The van der Waals surface area contributed by atoms with Crippen molar-refractivity contribution in [3.05, 3.63) is 53.9 Å². The molecular weight excluding hydrogens is 274 g/mol. The van der Waals surface area contributed by atoms with Crippen LogP contribution in [-0.2, 0) is 6.54 Å². The Kier molecular flexibility index (Phi) is 6.01. The van der Waals surface area contributed by atoms with E-state index in [1.807, 2.05) is 30.1 Å². The van der Waals surface area contributed by atoms with Gasteiger partial charge in [-0.2, -0.15) is 5.10 Å². The first-order valence-electron chi connectivity index (χ1n) is 7.78. The van der Waals surface area contributed by atoms with Gasteiger partial charge in [0.05, 0.1) is 25.3 Å². The number of benzene rings is 1. The Morgan fingerprint density at radius 2 is 2.09 bits per heavy atom. The lowest BCUT2D eigenvalue weighted by molar-refractivity contribution is 0.617. The van der Waals surface area contributed by atoms with Crippen molar-refractivity contribution in [1.29, 1.82) is 0 Å². The van der Waals surface area contributed by atoms with Crippen LogP contribution >= 0.6 is 0 Å². The Balaban J connectivity index is 1.92. The summed E-state index contributed by atoms with van der Waals surface area (Å²) >= 11 is 0. The minimum Gasteiger partial charge on any atom is -0.357 e. The number of hydrogen-bond acceptors (Lipinski definition) is 2. The molecule has 5 heteroatoms. The molecule has 0 aliphatic carbocycles. The molecule has 0 saturated heterocycles. The standard InChI is InChI=1S/C17H25N5/c1-4-18-17(19-10-11-22-13-14(2)12-20-22)21-15(3)16-8-6-5-7-9-16/h5-9,12-13,15H,4,10-11H2,1-3H3,(H2,18,19,21). The number of nitrogens with zero attached hydrogens (tertiary/aromatic N) is 3. The summed E-state index contributed by atoms with van der Waals surface area (Å²) in [6.45, 7) is 8.57. The molecule has 0 radical (unpaired) electrons. The van der Waals surface area contributed by atoms with Crippen LogP contribution in [0.3, 0.4) is 0 Å². The van der Waals surface area contributed by atoms with Gasteiger partial charge in [0.1, 0.15) is 0 Å². The number of hydrogen-bond donors (Lipinski definition) is 2. The number of rotatable bonds is 6. The van der Waals surface area contributed by atoms with E-state index in [0.717, 1.165) is 19.0 Å². The summed E-state index contributed by atoms with van der Waals surface area (Å²) in [5, 5.41) is 11.0. The normalized spacial score (nSPS) is 13.0. The van der Waals surface area contributed by atoms with Crippen molar-refractivity contribution in [1.82, 2.24) is 20.4 Å². The van der Waals surface area contributed by atoms with E-state index in [0.29, 0.717) is 6.54 Å². The maximum atomic E-state index is 4.62. The van der Waals surface area contributed by atoms with Gasteiger partial charge in [-0.05, 0) is 31.9 Å². The summed E-state index contributed by atoms with van der Waals surface area (Å²) in [5.74, 6) is 0.836. The van der Waals surface area contributed by atoms with Crippen LogP contribution < -0.4 is 10.6 Å². The molecule has 0 aliphatic heterocycles. The number of aromatic nitrogens is 2. The molecule has 5 nitrogen and oxygen atoms in total. The summed E-state index contributed by atoms with van der Waals surface area (Å²) in [6.07, 6.45) is 3.90. The molecule has 0 spiro atoms. The van der Waals surface area contributed by atoms with E-state index in [1.54, 1.807) is 0 Å². The molecule has 2 rings (SSSR count). The van der Waals surface area contributed by atoms with Gasteiger partial charge in [-0.1, -0.05) is 30.3 Å². The molecule has 0 aliphatic rings. The highest BCUT2D eigenvalue weighted by Crippen LogP contribution is 2.10. The predicted octanol–water partition coefficient (Wildman–Crippen LogP) is 2.51. The summed E-state index contributed by atoms with van der Waals surface area (Å²) in [5.41, 5.74) is 2.42. The second-order valence-corrected chi connectivity index (χ2v) is 5.32. The van der Waals surface area contributed by atoms with Crippen molar-refractivity contribution < 1.29 is 0 Å². The lowest BCUT2D eigenvalue weighted by Gasteiger charge is -2.18. The van der Waals surface area contributed by atoms with Crippen LogP contribution in [0, 0.1) is 6.92 Å². The Hall–Kier alpha value is -2.30. The molecule has 2 N–H and O–H groups in total. The van der Waals surface area contributed by atoms with Gasteiger partial charge >= 0.3 is 0 Å². The summed E-state index contributed by atoms with van der Waals surface area (Å²) in [7, 11) is 0. The van der Waals surface area contributed by atoms with Gasteiger partial charge < -0.3 is 10.6 Å². The molecule has 0 fully saturated rings. The third-order valence-corrected chi connectivity index (χ3v) is 3.36.